The van der Waals surface area contributed by atoms with Crippen LogP contribution in [-0.2, 0) is 11.2 Å². The number of carbonyl (C=O) groups is 2. The number of hydrogen-bond acceptors (Lipinski definition) is 4. The third kappa shape index (κ3) is 4.26. The van der Waals surface area contributed by atoms with Gasteiger partial charge in [-0.25, -0.2) is 0 Å². The number of carbonyl (C=O) groups excluding carboxylic acids is 2. The van der Waals surface area contributed by atoms with E-state index in [1.54, 1.807) is 17.2 Å². The molecule has 2 N–H and O–H groups in total. The van der Waals surface area contributed by atoms with Crippen LogP contribution in [0.4, 0.5) is 0 Å². The van der Waals surface area contributed by atoms with E-state index in [4.69, 9.17) is 5.73 Å². The van der Waals surface area contributed by atoms with Crippen LogP contribution in [0.25, 0.3) is 0 Å². The lowest BCUT2D eigenvalue weighted by Crippen LogP contribution is -2.59. The van der Waals surface area contributed by atoms with E-state index in [0.29, 0.717) is 25.2 Å². The molecule has 2 amide bonds. The predicted molar refractivity (Wildman–Crippen MR) is 99.6 cm³/mol. The van der Waals surface area contributed by atoms with Crippen LogP contribution in [0.1, 0.15) is 21.6 Å². The second-order valence-electron chi connectivity index (χ2n) is 6.63. The third-order valence-corrected chi connectivity index (χ3v) is 4.80. The van der Waals surface area contributed by atoms with Gasteiger partial charge < -0.3 is 10.6 Å². The number of nitrogens with two attached hydrogens (primary N) is 1. The lowest BCUT2D eigenvalue weighted by atomic mass is 10.1. The maximum Gasteiger partial charge on any atom is 0.255 e. The van der Waals surface area contributed by atoms with E-state index in [2.05, 4.69) is 22.0 Å². The highest BCUT2D eigenvalue weighted by Crippen LogP contribution is 2.14. The van der Waals surface area contributed by atoms with Crippen LogP contribution < -0.4 is 5.73 Å². The maximum atomic E-state index is 12.7. The summed E-state index contributed by atoms with van der Waals surface area (Å²) in [6, 6.07) is 13.3. The fraction of sp³-hybridized carbons (Fsp3) is 0.350. The summed E-state index contributed by atoms with van der Waals surface area (Å²) < 4.78 is 0. The Hall–Kier alpha value is -2.73. The van der Waals surface area contributed by atoms with Gasteiger partial charge in [-0.1, -0.05) is 30.3 Å². The van der Waals surface area contributed by atoms with Crippen LogP contribution in [0, 0.1) is 6.92 Å². The highest BCUT2D eigenvalue weighted by atomic mass is 16.2. The number of pyridine rings is 1. The van der Waals surface area contributed by atoms with Gasteiger partial charge in [0, 0.05) is 38.1 Å². The Morgan fingerprint density at radius 3 is 2.58 bits per heavy atom. The minimum absolute atomic E-state index is 0.105. The molecule has 6 heteroatoms. The van der Waals surface area contributed by atoms with Crippen molar-refractivity contribution in [2.24, 2.45) is 5.73 Å². The topological polar surface area (TPSA) is 79.5 Å². The minimum Gasteiger partial charge on any atom is -0.368 e. The number of primary amides is 1. The smallest absolute Gasteiger partial charge is 0.255 e. The lowest BCUT2D eigenvalue weighted by molar-refractivity contribution is -0.125. The Bertz CT molecular complexity index is 761. The number of rotatable bonds is 5. The molecular weight excluding hydrogens is 328 g/mol. The summed E-state index contributed by atoms with van der Waals surface area (Å²) in [6.07, 6.45) is 2.43. The molecular formula is C20H24N4O2. The van der Waals surface area contributed by atoms with Crippen molar-refractivity contribution in [3.05, 3.63) is 65.5 Å². The van der Waals surface area contributed by atoms with Crippen molar-refractivity contribution >= 4 is 11.8 Å². The second-order valence-corrected chi connectivity index (χ2v) is 6.63. The molecule has 1 saturated heterocycles. The molecule has 1 unspecified atom stereocenters. The molecule has 0 radical (unpaired) electrons. The number of amides is 2. The molecule has 6 nitrogen and oxygen atoms in total. The first kappa shape index (κ1) is 18.1. The first-order chi connectivity index (χ1) is 12.5. The van der Waals surface area contributed by atoms with Crippen molar-refractivity contribution in [3.63, 3.8) is 0 Å². The molecule has 0 aliphatic carbocycles. The number of hydrogen-bond donors (Lipinski definition) is 1. The molecule has 1 aliphatic heterocycles. The molecule has 0 bridgehead atoms. The van der Waals surface area contributed by atoms with Crippen LogP contribution >= 0.6 is 0 Å². The van der Waals surface area contributed by atoms with Crippen molar-refractivity contribution in [2.45, 2.75) is 19.4 Å². The molecule has 26 heavy (non-hydrogen) atoms. The van der Waals surface area contributed by atoms with E-state index in [9.17, 15) is 9.59 Å². The summed E-state index contributed by atoms with van der Waals surface area (Å²) in [4.78, 5) is 32.6. The van der Waals surface area contributed by atoms with Gasteiger partial charge in [-0.2, -0.15) is 0 Å². The van der Waals surface area contributed by atoms with E-state index in [1.165, 1.54) is 5.56 Å². The normalized spacial score (nSPS) is 17.9. The molecule has 2 aromatic rings. The van der Waals surface area contributed by atoms with Crippen molar-refractivity contribution < 1.29 is 9.59 Å². The Morgan fingerprint density at radius 2 is 1.92 bits per heavy atom. The zero-order valence-corrected chi connectivity index (χ0v) is 15.0. The Morgan fingerprint density at radius 1 is 1.15 bits per heavy atom. The summed E-state index contributed by atoms with van der Waals surface area (Å²) in [5.74, 6) is -0.496. The van der Waals surface area contributed by atoms with Crippen molar-refractivity contribution in [3.8, 4) is 0 Å². The van der Waals surface area contributed by atoms with Crippen molar-refractivity contribution in [1.82, 2.24) is 14.8 Å². The molecule has 3 rings (SSSR count). The summed E-state index contributed by atoms with van der Waals surface area (Å²) in [5, 5.41) is 0. The first-order valence-corrected chi connectivity index (χ1v) is 8.84. The highest BCUT2D eigenvalue weighted by Gasteiger charge is 2.33. The SMILES string of the molecule is Cc1ccc(C(=O)N2CCN(CCc3ccccc3)C(C(N)=O)C2)cn1. The number of benzene rings is 1. The van der Waals surface area contributed by atoms with Crippen molar-refractivity contribution in [1.29, 1.82) is 0 Å². The van der Waals surface area contributed by atoms with Crippen LogP contribution in [0.2, 0.25) is 0 Å². The van der Waals surface area contributed by atoms with Crippen LogP contribution in [-0.4, -0.2) is 58.8 Å². The zero-order valence-electron chi connectivity index (χ0n) is 15.0. The van der Waals surface area contributed by atoms with Gasteiger partial charge in [-0.3, -0.25) is 19.5 Å². The third-order valence-electron chi connectivity index (χ3n) is 4.80. The summed E-state index contributed by atoms with van der Waals surface area (Å²) in [7, 11) is 0. The first-order valence-electron chi connectivity index (χ1n) is 8.84. The summed E-state index contributed by atoms with van der Waals surface area (Å²) >= 11 is 0. The molecule has 136 valence electrons. The maximum absolute atomic E-state index is 12.7. The van der Waals surface area contributed by atoms with E-state index in [1.807, 2.05) is 31.2 Å². The second kappa shape index (κ2) is 8.10. The predicted octanol–water partition coefficient (Wildman–Crippen LogP) is 1.24. The van der Waals surface area contributed by atoms with Gasteiger partial charge in [0.05, 0.1) is 5.56 Å². The Labute approximate surface area is 153 Å². The van der Waals surface area contributed by atoms with Crippen LogP contribution in [0.5, 0.6) is 0 Å². The highest BCUT2D eigenvalue weighted by molar-refractivity contribution is 5.94. The molecule has 2 heterocycles. The average molecular weight is 352 g/mol. The average Bonchev–Trinajstić information content (AvgIpc) is 2.67. The van der Waals surface area contributed by atoms with Gasteiger partial charge in [0.2, 0.25) is 5.91 Å². The van der Waals surface area contributed by atoms with E-state index in [0.717, 1.165) is 18.7 Å². The zero-order chi connectivity index (χ0) is 18.5. The Kier molecular flexibility index (Phi) is 5.63. The number of aryl methyl sites for hydroxylation is 1. The van der Waals surface area contributed by atoms with E-state index in [-0.39, 0.29) is 5.91 Å². The van der Waals surface area contributed by atoms with Gasteiger partial charge in [-0.15, -0.1) is 0 Å². The van der Waals surface area contributed by atoms with Crippen molar-refractivity contribution in [2.75, 3.05) is 26.2 Å². The number of aromatic nitrogens is 1. The standard InChI is InChI=1S/C20H24N4O2/c1-15-7-8-17(13-22-15)20(26)24-12-11-23(18(14-24)19(21)25)10-9-16-5-3-2-4-6-16/h2-8,13,18H,9-12,14H2,1H3,(H2,21,25). The monoisotopic (exact) mass is 352 g/mol. The molecule has 0 saturated carbocycles. The minimum atomic E-state index is -0.463. The number of piperazine rings is 1. The van der Waals surface area contributed by atoms with Gasteiger partial charge >= 0.3 is 0 Å². The molecule has 1 aromatic carbocycles. The molecule has 1 atom stereocenters. The lowest BCUT2D eigenvalue weighted by Gasteiger charge is -2.40. The summed E-state index contributed by atoms with van der Waals surface area (Å²) in [5.41, 5.74) is 8.24. The molecule has 1 aliphatic rings. The van der Waals surface area contributed by atoms with Gasteiger partial charge in [0.25, 0.3) is 5.91 Å². The number of nitrogens with zero attached hydrogens (tertiary/aromatic N) is 3. The van der Waals surface area contributed by atoms with Gasteiger partial charge in [-0.05, 0) is 31.0 Å². The van der Waals surface area contributed by atoms with E-state index < -0.39 is 11.9 Å². The van der Waals surface area contributed by atoms with Crippen LogP contribution in [0.3, 0.4) is 0 Å². The molecule has 0 spiro atoms. The summed E-state index contributed by atoms with van der Waals surface area (Å²) in [6.45, 7) is 4.14. The van der Waals surface area contributed by atoms with E-state index >= 15 is 0 Å². The molecule has 1 fully saturated rings. The molecule has 1 aromatic heterocycles. The van der Waals surface area contributed by atoms with Crippen LogP contribution in [0.15, 0.2) is 48.7 Å². The quantitative estimate of drug-likeness (QED) is 0.878. The fourth-order valence-electron chi connectivity index (χ4n) is 3.24. The van der Waals surface area contributed by atoms with Gasteiger partial charge in [0.15, 0.2) is 0 Å². The fourth-order valence-corrected chi connectivity index (χ4v) is 3.24. The van der Waals surface area contributed by atoms with Gasteiger partial charge in [0.1, 0.15) is 6.04 Å². The largest absolute Gasteiger partial charge is 0.368 e. The Balaban J connectivity index is 1.64.